The van der Waals surface area contributed by atoms with Crippen molar-refractivity contribution in [1.82, 2.24) is 4.90 Å². The number of hydrogen-bond acceptors (Lipinski definition) is 2. The van der Waals surface area contributed by atoms with Gasteiger partial charge in [0.1, 0.15) is 0 Å². The van der Waals surface area contributed by atoms with E-state index < -0.39 is 0 Å². The van der Waals surface area contributed by atoms with E-state index >= 15 is 0 Å². The van der Waals surface area contributed by atoms with Crippen LogP contribution in [0.5, 0.6) is 0 Å². The first-order chi connectivity index (χ1) is 7.15. The molecule has 86 valence electrons. The molecule has 2 aliphatic rings. The van der Waals surface area contributed by atoms with Crippen LogP contribution in [0.15, 0.2) is 0 Å². The van der Waals surface area contributed by atoms with Gasteiger partial charge in [-0.1, -0.05) is 6.42 Å². The number of aliphatic hydroxyl groups excluding tert-OH is 1. The molecule has 0 aromatic rings. The minimum absolute atomic E-state index is 0.00832. The lowest BCUT2D eigenvalue weighted by Gasteiger charge is -2.29. The second kappa shape index (κ2) is 4.71. The highest BCUT2D eigenvalue weighted by Crippen LogP contribution is 2.27. The van der Waals surface area contributed by atoms with Crippen LogP contribution in [0.4, 0.5) is 0 Å². The predicted octanol–water partition coefficient (Wildman–Crippen LogP) is 1.38. The zero-order chi connectivity index (χ0) is 10.8. The maximum Gasteiger partial charge on any atom is 0.224 e. The molecule has 1 aliphatic carbocycles. The maximum absolute atomic E-state index is 11.5. The number of nitrogens with zero attached hydrogens (tertiary/aromatic N) is 1. The molecule has 1 heterocycles. The minimum Gasteiger partial charge on any atom is -0.393 e. The van der Waals surface area contributed by atoms with Gasteiger partial charge in [-0.25, -0.2) is 0 Å². The van der Waals surface area contributed by atoms with Crippen molar-refractivity contribution in [3.63, 3.8) is 0 Å². The molecule has 0 bridgehead atoms. The molecule has 1 aliphatic heterocycles. The summed E-state index contributed by atoms with van der Waals surface area (Å²) in [4.78, 5) is 13.4. The van der Waals surface area contributed by atoms with Crippen molar-refractivity contribution >= 4 is 17.5 Å². The summed E-state index contributed by atoms with van der Waals surface area (Å²) in [5, 5.41) is 9.53. The van der Waals surface area contributed by atoms with Crippen molar-refractivity contribution in [2.45, 2.75) is 43.6 Å². The van der Waals surface area contributed by atoms with Gasteiger partial charge in [-0.05, 0) is 25.2 Å². The van der Waals surface area contributed by atoms with E-state index in [2.05, 4.69) is 0 Å². The number of alkyl halides is 1. The first kappa shape index (κ1) is 11.2. The van der Waals surface area contributed by atoms with E-state index in [-0.39, 0.29) is 17.4 Å². The van der Waals surface area contributed by atoms with Gasteiger partial charge in [0.05, 0.1) is 11.5 Å². The second-order valence-corrected chi connectivity index (χ2v) is 5.40. The van der Waals surface area contributed by atoms with E-state index in [1.807, 2.05) is 4.90 Å². The highest BCUT2D eigenvalue weighted by molar-refractivity contribution is 6.22. The number of amides is 1. The fourth-order valence-electron chi connectivity index (χ4n) is 2.64. The monoisotopic (exact) mass is 231 g/mol. The third-order valence-electron chi connectivity index (χ3n) is 3.40. The van der Waals surface area contributed by atoms with Crippen LogP contribution in [0.1, 0.15) is 32.1 Å². The number of halogens is 1. The Morgan fingerprint density at radius 1 is 1.47 bits per heavy atom. The van der Waals surface area contributed by atoms with E-state index in [0.29, 0.717) is 18.9 Å². The van der Waals surface area contributed by atoms with Gasteiger partial charge in [0, 0.05) is 19.5 Å². The Bertz CT molecular complexity index is 247. The quantitative estimate of drug-likeness (QED) is 0.730. The molecular formula is C11H18ClNO2. The molecule has 2 rings (SSSR count). The lowest BCUT2D eigenvalue weighted by Crippen LogP contribution is -2.34. The number of likely N-dealkylation sites (tertiary alicyclic amines) is 1. The standard InChI is InChI=1S/C11H18ClNO2/c12-9-5-11(15)13(7-9)6-8-2-1-3-10(14)4-8/h8-10,14H,1-7H2. The average molecular weight is 232 g/mol. The molecule has 4 heteroatoms. The van der Waals surface area contributed by atoms with Crippen molar-refractivity contribution in [3.8, 4) is 0 Å². The van der Waals surface area contributed by atoms with Gasteiger partial charge in [0.25, 0.3) is 0 Å². The fraction of sp³-hybridized carbons (Fsp3) is 0.909. The van der Waals surface area contributed by atoms with Crippen molar-refractivity contribution in [2.24, 2.45) is 5.92 Å². The summed E-state index contributed by atoms with van der Waals surface area (Å²) in [5.41, 5.74) is 0. The fourth-order valence-corrected chi connectivity index (χ4v) is 2.94. The van der Waals surface area contributed by atoms with Gasteiger partial charge in [-0.2, -0.15) is 0 Å². The summed E-state index contributed by atoms with van der Waals surface area (Å²) in [6, 6.07) is 0. The van der Waals surface area contributed by atoms with Crippen molar-refractivity contribution in [1.29, 1.82) is 0 Å². The molecule has 3 nitrogen and oxygen atoms in total. The summed E-state index contributed by atoms with van der Waals surface area (Å²) in [7, 11) is 0. The zero-order valence-corrected chi connectivity index (χ0v) is 9.62. The van der Waals surface area contributed by atoms with Crippen LogP contribution in [0.3, 0.4) is 0 Å². The molecule has 3 unspecified atom stereocenters. The minimum atomic E-state index is -0.159. The van der Waals surface area contributed by atoms with Crippen LogP contribution in [0, 0.1) is 5.92 Å². The van der Waals surface area contributed by atoms with Crippen LogP contribution in [0.25, 0.3) is 0 Å². The van der Waals surface area contributed by atoms with Crippen molar-refractivity contribution in [3.05, 3.63) is 0 Å². The van der Waals surface area contributed by atoms with Gasteiger partial charge < -0.3 is 10.0 Å². The number of carbonyl (C=O) groups excluding carboxylic acids is 1. The van der Waals surface area contributed by atoms with Crippen LogP contribution in [0.2, 0.25) is 0 Å². The van der Waals surface area contributed by atoms with Gasteiger partial charge in [0.15, 0.2) is 0 Å². The number of carbonyl (C=O) groups is 1. The summed E-state index contributed by atoms with van der Waals surface area (Å²) in [5.74, 6) is 0.648. The third-order valence-corrected chi connectivity index (χ3v) is 3.69. The topological polar surface area (TPSA) is 40.5 Å². The highest BCUT2D eigenvalue weighted by atomic mass is 35.5. The molecule has 0 radical (unpaired) electrons. The Labute approximate surface area is 95.4 Å². The van der Waals surface area contributed by atoms with Crippen molar-refractivity contribution < 1.29 is 9.90 Å². The molecule has 0 aromatic carbocycles. The van der Waals surface area contributed by atoms with Gasteiger partial charge >= 0.3 is 0 Å². The number of hydrogen-bond donors (Lipinski definition) is 1. The van der Waals surface area contributed by atoms with Crippen LogP contribution < -0.4 is 0 Å². The lowest BCUT2D eigenvalue weighted by molar-refractivity contribution is -0.128. The van der Waals surface area contributed by atoms with Crippen LogP contribution in [-0.4, -0.2) is 40.5 Å². The second-order valence-electron chi connectivity index (χ2n) is 4.79. The van der Waals surface area contributed by atoms with E-state index in [0.717, 1.165) is 32.2 Å². The van der Waals surface area contributed by atoms with E-state index in [4.69, 9.17) is 11.6 Å². The highest BCUT2D eigenvalue weighted by Gasteiger charge is 2.31. The Morgan fingerprint density at radius 3 is 2.87 bits per heavy atom. The molecule has 1 saturated carbocycles. The third kappa shape index (κ3) is 2.85. The predicted molar refractivity (Wildman–Crippen MR) is 58.8 cm³/mol. The molecule has 3 atom stereocenters. The molecule has 1 saturated heterocycles. The summed E-state index contributed by atoms with van der Waals surface area (Å²) in [6.45, 7) is 1.48. The first-order valence-electron chi connectivity index (χ1n) is 5.75. The first-order valence-corrected chi connectivity index (χ1v) is 6.18. The van der Waals surface area contributed by atoms with Gasteiger partial charge in [-0.3, -0.25) is 4.79 Å². The summed E-state index contributed by atoms with van der Waals surface area (Å²) >= 11 is 5.94. The summed E-state index contributed by atoms with van der Waals surface area (Å²) in [6.07, 6.45) is 4.30. The molecule has 15 heavy (non-hydrogen) atoms. The van der Waals surface area contributed by atoms with Crippen LogP contribution >= 0.6 is 11.6 Å². The van der Waals surface area contributed by atoms with E-state index in [1.165, 1.54) is 0 Å². The number of aliphatic hydroxyl groups is 1. The largest absolute Gasteiger partial charge is 0.393 e. The van der Waals surface area contributed by atoms with Crippen molar-refractivity contribution in [2.75, 3.05) is 13.1 Å². The molecule has 0 spiro atoms. The smallest absolute Gasteiger partial charge is 0.224 e. The van der Waals surface area contributed by atoms with Crippen LogP contribution in [-0.2, 0) is 4.79 Å². The average Bonchev–Trinajstić information content (AvgIpc) is 2.45. The Morgan fingerprint density at radius 2 is 2.27 bits per heavy atom. The summed E-state index contributed by atoms with van der Waals surface area (Å²) < 4.78 is 0. The Hall–Kier alpha value is -0.280. The molecule has 0 aromatic heterocycles. The molecular weight excluding hydrogens is 214 g/mol. The SMILES string of the molecule is O=C1CC(Cl)CN1CC1CCCC(O)C1. The zero-order valence-electron chi connectivity index (χ0n) is 8.86. The lowest BCUT2D eigenvalue weighted by atomic mass is 9.87. The van der Waals surface area contributed by atoms with E-state index in [1.54, 1.807) is 0 Å². The normalized spacial score (nSPS) is 37.3. The Balaban J connectivity index is 1.83. The van der Waals surface area contributed by atoms with Gasteiger partial charge in [-0.15, -0.1) is 11.6 Å². The molecule has 1 amide bonds. The molecule has 1 N–H and O–H groups in total. The number of rotatable bonds is 2. The molecule has 2 fully saturated rings. The maximum atomic E-state index is 11.5. The Kier molecular flexibility index (Phi) is 3.52. The van der Waals surface area contributed by atoms with E-state index in [9.17, 15) is 9.90 Å². The van der Waals surface area contributed by atoms with Gasteiger partial charge in [0.2, 0.25) is 5.91 Å².